The third-order valence-corrected chi connectivity index (χ3v) is 2.91. The molecule has 0 saturated heterocycles. The predicted molar refractivity (Wildman–Crippen MR) is 74.2 cm³/mol. The van der Waals surface area contributed by atoms with E-state index in [1.807, 2.05) is 24.3 Å². The van der Waals surface area contributed by atoms with Gasteiger partial charge in [0.25, 0.3) is 0 Å². The highest BCUT2D eigenvalue weighted by molar-refractivity contribution is 5.15. The maximum absolute atomic E-state index is 5.70. The van der Waals surface area contributed by atoms with Crippen LogP contribution in [0.2, 0.25) is 0 Å². The predicted octanol–water partition coefficient (Wildman–Crippen LogP) is 2.97. The fourth-order valence-corrected chi connectivity index (χ4v) is 1.79. The van der Waals surface area contributed by atoms with Crippen LogP contribution in [0.25, 0.3) is 0 Å². The van der Waals surface area contributed by atoms with Crippen LogP contribution in [0.3, 0.4) is 0 Å². The van der Waals surface area contributed by atoms with Gasteiger partial charge in [-0.3, -0.25) is 4.98 Å². The standard InChI is InChI=1S/C15H20N2O2/c1-3-13-6-7-15(19-13)12(2)17-9-10-18-14-5-4-8-16-11-14/h4-8,11-12,17H,3,9-10H2,1-2H3/t12-/m1/s1. The van der Waals surface area contributed by atoms with Crippen LogP contribution in [-0.2, 0) is 6.42 Å². The molecule has 0 bridgehead atoms. The first kappa shape index (κ1) is 13.6. The largest absolute Gasteiger partial charge is 0.491 e. The zero-order valence-electron chi connectivity index (χ0n) is 11.4. The molecule has 2 heterocycles. The Morgan fingerprint density at radius 2 is 2.26 bits per heavy atom. The van der Waals surface area contributed by atoms with Crippen molar-refractivity contribution in [2.45, 2.75) is 26.3 Å². The number of pyridine rings is 1. The summed E-state index contributed by atoms with van der Waals surface area (Å²) in [7, 11) is 0. The number of aromatic nitrogens is 1. The minimum absolute atomic E-state index is 0.192. The molecular weight excluding hydrogens is 240 g/mol. The normalized spacial score (nSPS) is 12.3. The third kappa shape index (κ3) is 4.10. The summed E-state index contributed by atoms with van der Waals surface area (Å²) < 4.78 is 11.3. The Kier molecular flexibility index (Phi) is 4.98. The second kappa shape index (κ2) is 6.95. The molecule has 0 aromatic carbocycles. The lowest BCUT2D eigenvalue weighted by Crippen LogP contribution is -2.24. The second-order valence-electron chi connectivity index (χ2n) is 4.37. The summed E-state index contributed by atoms with van der Waals surface area (Å²) in [6.07, 6.45) is 4.37. The zero-order chi connectivity index (χ0) is 13.5. The molecule has 4 nitrogen and oxygen atoms in total. The van der Waals surface area contributed by atoms with Crippen molar-refractivity contribution in [3.63, 3.8) is 0 Å². The van der Waals surface area contributed by atoms with E-state index in [2.05, 4.69) is 24.1 Å². The van der Waals surface area contributed by atoms with Gasteiger partial charge in [-0.2, -0.15) is 0 Å². The maximum atomic E-state index is 5.70. The van der Waals surface area contributed by atoms with Crippen LogP contribution in [0, 0.1) is 0 Å². The van der Waals surface area contributed by atoms with Gasteiger partial charge in [0, 0.05) is 19.2 Å². The topological polar surface area (TPSA) is 47.3 Å². The van der Waals surface area contributed by atoms with E-state index in [-0.39, 0.29) is 6.04 Å². The summed E-state index contributed by atoms with van der Waals surface area (Å²) in [5, 5.41) is 3.37. The summed E-state index contributed by atoms with van der Waals surface area (Å²) in [5.41, 5.74) is 0. The third-order valence-electron chi connectivity index (χ3n) is 2.91. The Hall–Kier alpha value is -1.81. The van der Waals surface area contributed by atoms with Crippen LogP contribution in [0.15, 0.2) is 41.1 Å². The summed E-state index contributed by atoms with van der Waals surface area (Å²) in [6, 6.07) is 8.01. The van der Waals surface area contributed by atoms with Crippen molar-refractivity contribution in [1.29, 1.82) is 0 Å². The van der Waals surface area contributed by atoms with Crippen molar-refractivity contribution in [1.82, 2.24) is 10.3 Å². The average Bonchev–Trinajstić information content (AvgIpc) is 2.93. The van der Waals surface area contributed by atoms with Gasteiger partial charge in [-0.25, -0.2) is 0 Å². The molecule has 102 valence electrons. The lowest BCUT2D eigenvalue weighted by atomic mass is 10.2. The number of hydrogen-bond acceptors (Lipinski definition) is 4. The highest BCUT2D eigenvalue weighted by atomic mass is 16.5. The highest BCUT2D eigenvalue weighted by Gasteiger charge is 2.08. The molecule has 0 fully saturated rings. The molecule has 0 radical (unpaired) electrons. The molecule has 1 atom stereocenters. The Morgan fingerprint density at radius 1 is 1.37 bits per heavy atom. The molecule has 0 aliphatic carbocycles. The molecule has 2 rings (SSSR count). The van der Waals surface area contributed by atoms with Crippen molar-refractivity contribution in [2.24, 2.45) is 0 Å². The quantitative estimate of drug-likeness (QED) is 0.777. The first-order valence-corrected chi connectivity index (χ1v) is 6.64. The molecule has 0 aliphatic rings. The molecular formula is C15H20N2O2. The molecule has 2 aromatic heterocycles. The maximum Gasteiger partial charge on any atom is 0.137 e. The van der Waals surface area contributed by atoms with E-state index in [1.54, 1.807) is 12.4 Å². The van der Waals surface area contributed by atoms with Crippen LogP contribution in [0.4, 0.5) is 0 Å². The molecule has 0 unspecified atom stereocenters. The van der Waals surface area contributed by atoms with E-state index in [1.165, 1.54) is 0 Å². The van der Waals surface area contributed by atoms with Crippen LogP contribution in [0.1, 0.15) is 31.4 Å². The molecule has 19 heavy (non-hydrogen) atoms. The first-order chi connectivity index (χ1) is 9.29. The lowest BCUT2D eigenvalue weighted by Gasteiger charge is -2.12. The van der Waals surface area contributed by atoms with Gasteiger partial charge in [0.1, 0.15) is 23.9 Å². The number of nitrogens with one attached hydrogen (secondary N) is 1. The van der Waals surface area contributed by atoms with E-state index >= 15 is 0 Å². The van der Waals surface area contributed by atoms with Crippen molar-refractivity contribution in [3.8, 4) is 5.75 Å². The Morgan fingerprint density at radius 3 is 2.95 bits per heavy atom. The average molecular weight is 260 g/mol. The van der Waals surface area contributed by atoms with Crippen LogP contribution < -0.4 is 10.1 Å². The van der Waals surface area contributed by atoms with Crippen molar-refractivity contribution >= 4 is 0 Å². The Balaban J connectivity index is 1.70. The van der Waals surface area contributed by atoms with E-state index in [0.29, 0.717) is 6.61 Å². The summed E-state index contributed by atoms with van der Waals surface area (Å²) in [4.78, 5) is 4.00. The summed E-state index contributed by atoms with van der Waals surface area (Å²) in [6.45, 7) is 5.54. The van der Waals surface area contributed by atoms with Gasteiger partial charge < -0.3 is 14.5 Å². The minimum Gasteiger partial charge on any atom is -0.491 e. The molecule has 1 N–H and O–H groups in total. The number of furan rings is 1. The summed E-state index contributed by atoms with van der Waals surface area (Å²) in [5.74, 6) is 2.79. The van der Waals surface area contributed by atoms with Crippen molar-refractivity contribution in [3.05, 3.63) is 48.2 Å². The van der Waals surface area contributed by atoms with Crippen LogP contribution in [0.5, 0.6) is 5.75 Å². The minimum atomic E-state index is 0.192. The number of hydrogen-bond donors (Lipinski definition) is 1. The highest BCUT2D eigenvalue weighted by Crippen LogP contribution is 2.16. The second-order valence-corrected chi connectivity index (χ2v) is 4.37. The molecule has 0 amide bonds. The fraction of sp³-hybridized carbons (Fsp3) is 0.400. The van der Waals surface area contributed by atoms with Gasteiger partial charge in [0.05, 0.1) is 12.2 Å². The van der Waals surface area contributed by atoms with E-state index in [4.69, 9.17) is 9.15 Å². The summed E-state index contributed by atoms with van der Waals surface area (Å²) >= 11 is 0. The first-order valence-electron chi connectivity index (χ1n) is 6.64. The number of aryl methyl sites for hydroxylation is 1. The SMILES string of the molecule is CCc1ccc([C@@H](C)NCCOc2cccnc2)o1. The van der Waals surface area contributed by atoms with Gasteiger partial charge in [-0.05, 0) is 31.2 Å². The fourth-order valence-electron chi connectivity index (χ4n) is 1.79. The monoisotopic (exact) mass is 260 g/mol. The number of rotatable bonds is 7. The Labute approximate surface area is 113 Å². The van der Waals surface area contributed by atoms with Gasteiger partial charge in [-0.1, -0.05) is 6.92 Å². The smallest absolute Gasteiger partial charge is 0.137 e. The van der Waals surface area contributed by atoms with E-state index < -0.39 is 0 Å². The van der Waals surface area contributed by atoms with Gasteiger partial charge in [-0.15, -0.1) is 0 Å². The van der Waals surface area contributed by atoms with Gasteiger partial charge in [0.2, 0.25) is 0 Å². The number of ether oxygens (including phenoxy) is 1. The molecule has 4 heteroatoms. The van der Waals surface area contributed by atoms with Crippen LogP contribution >= 0.6 is 0 Å². The number of nitrogens with zero attached hydrogens (tertiary/aromatic N) is 1. The zero-order valence-corrected chi connectivity index (χ0v) is 11.4. The van der Waals surface area contributed by atoms with Gasteiger partial charge in [0.15, 0.2) is 0 Å². The lowest BCUT2D eigenvalue weighted by molar-refractivity contribution is 0.300. The molecule has 0 aliphatic heterocycles. The molecule has 2 aromatic rings. The van der Waals surface area contributed by atoms with Crippen molar-refractivity contribution in [2.75, 3.05) is 13.2 Å². The molecule has 0 spiro atoms. The van der Waals surface area contributed by atoms with Crippen molar-refractivity contribution < 1.29 is 9.15 Å². The Bertz CT molecular complexity index is 482. The van der Waals surface area contributed by atoms with Crippen LogP contribution in [-0.4, -0.2) is 18.1 Å². The van der Waals surface area contributed by atoms with Gasteiger partial charge >= 0.3 is 0 Å². The van der Waals surface area contributed by atoms with E-state index in [0.717, 1.165) is 30.2 Å². The van der Waals surface area contributed by atoms with E-state index in [9.17, 15) is 0 Å². The molecule has 0 saturated carbocycles.